The molecule has 0 spiro atoms. The van der Waals surface area contributed by atoms with Gasteiger partial charge in [-0.3, -0.25) is 0 Å². The molecule has 1 nitrogen and oxygen atoms in total. The molecule has 0 saturated heterocycles. The zero-order valence-electron chi connectivity index (χ0n) is 10.3. The fraction of sp³-hybridized carbons (Fsp3) is 0.571. The Morgan fingerprint density at radius 1 is 1.35 bits per heavy atom. The molecule has 0 unspecified atom stereocenters. The fourth-order valence-electron chi connectivity index (χ4n) is 2.55. The van der Waals surface area contributed by atoms with Gasteiger partial charge in [0, 0.05) is 17.8 Å². The minimum Gasteiger partial charge on any atom is -0.311 e. The van der Waals surface area contributed by atoms with Crippen LogP contribution in [0.3, 0.4) is 0 Å². The van der Waals surface area contributed by atoms with Crippen molar-refractivity contribution < 1.29 is 4.39 Å². The molecule has 0 atom stereocenters. The quantitative estimate of drug-likeness (QED) is 0.860. The topological polar surface area (TPSA) is 12.0 Å². The number of hydrogen-bond acceptors (Lipinski definition) is 2. The van der Waals surface area contributed by atoms with Gasteiger partial charge < -0.3 is 5.32 Å². The molecule has 1 aliphatic carbocycles. The molecule has 0 aliphatic heterocycles. The lowest BCUT2D eigenvalue weighted by Gasteiger charge is -2.27. The summed E-state index contributed by atoms with van der Waals surface area (Å²) in [6.07, 6.45) is 7.52. The molecule has 17 heavy (non-hydrogen) atoms. The maximum Gasteiger partial charge on any atom is 0.123 e. The van der Waals surface area contributed by atoms with Crippen LogP contribution in [-0.4, -0.2) is 17.5 Å². The van der Waals surface area contributed by atoms with Crippen LogP contribution in [0.1, 0.15) is 31.2 Å². The van der Waals surface area contributed by atoms with Gasteiger partial charge in [-0.1, -0.05) is 25.0 Å². The number of thioether (sulfide) groups is 1. The summed E-state index contributed by atoms with van der Waals surface area (Å²) in [5, 5.41) is 3.48. The molecule has 0 heterocycles. The van der Waals surface area contributed by atoms with E-state index in [-0.39, 0.29) is 5.82 Å². The second-order valence-electron chi connectivity index (χ2n) is 4.83. The number of halogens is 1. The Morgan fingerprint density at radius 2 is 2.12 bits per heavy atom. The first-order valence-corrected chi connectivity index (χ1v) is 7.47. The van der Waals surface area contributed by atoms with Crippen molar-refractivity contribution in [2.75, 3.05) is 12.8 Å². The molecule has 94 valence electrons. The van der Waals surface area contributed by atoms with Gasteiger partial charge in [0.1, 0.15) is 5.82 Å². The third-order valence-electron chi connectivity index (χ3n) is 3.61. The van der Waals surface area contributed by atoms with Crippen LogP contribution in [0.2, 0.25) is 0 Å². The van der Waals surface area contributed by atoms with Crippen LogP contribution in [-0.2, 0) is 6.54 Å². The van der Waals surface area contributed by atoms with Gasteiger partial charge in [0.15, 0.2) is 0 Å². The third-order valence-corrected chi connectivity index (χ3v) is 5.03. The van der Waals surface area contributed by atoms with Crippen molar-refractivity contribution in [3.8, 4) is 0 Å². The van der Waals surface area contributed by atoms with E-state index in [1.165, 1.54) is 31.7 Å². The predicted molar refractivity (Wildman–Crippen MR) is 72.8 cm³/mol. The summed E-state index contributed by atoms with van der Waals surface area (Å²) in [5.74, 6) is -0.148. The molecule has 1 fully saturated rings. The van der Waals surface area contributed by atoms with Gasteiger partial charge in [-0.05, 0) is 36.8 Å². The molecule has 0 bridgehead atoms. The molecule has 3 heteroatoms. The minimum absolute atomic E-state index is 0.148. The standard InChI is InChI=1S/C14H20FNS/c1-17-14(7-2-3-8-14)11-16-10-12-5-4-6-13(15)9-12/h4-6,9,16H,2-3,7-8,10-11H2,1H3. The number of nitrogens with one attached hydrogen (secondary N) is 1. The van der Waals surface area contributed by atoms with Crippen molar-refractivity contribution in [2.24, 2.45) is 0 Å². The van der Waals surface area contributed by atoms with Crippen LogP contribution in [0.15, 0.2) is 24.3 Å². The van der Waals surface area contributed by atoms with Crippen molar-refractivity contribution >= 4 is 11.8 Å². The smallest absolute Gasteiger partial charge is 0.123 e. The Bertz CT molecular complexity index is 361. The van der Waals surface area contributed by atoms with E-state index >= 15 is 0 Å². The molecular formula is C14H20FNS. The van der Waals surface area contributed by atoms with Crippen LogP contribution in [0.5, 0.6) is 0 Å². The first-order chi connectivity index (χ1) is 8.24. The molecule has 0 aromatic heterocycles. The van der Waals surface area contributed by atoms with Crippen LogP contribution < -0.4 is 5.32 Å². The monoisotopic (exact) mass is 253 g/mol. The van der Waals surface area contributed by atoms with E-state index in [1.807, 2.05) is 17.8 Å². The summed E-state index contributed by atoms with van der Waals surface area (Å²) in [7, 11) is 0. The van der Waals surface area contributed by atoms with Crippen LogP contribution in [0.4, 0.5) is 4.39 Å². The Balaban J connectivity index is 1.82. The molecule has 2 rings (SSSR count). The zero-order chi connectivity index (χ0) is 12.1. The number of rotatable bonds is 5. The van der Waals surface area contributed by atoms with Crippen LogP contribution >= 0.6 is 11.8 Å². The van der Waals surface area contributed by atoms with E-state index < -0.39 is 0 Å². The van der Waals surface area contributed by atoms with Gasteiger partial charge >= 0.3 is 0 Å². The second kappa shape index (κ2) is 5.87. The van der Waals surface area contributed by atoms with Crippen molar-refractivity contribution in [3.63, 3.8) is 0 Å². The minimum atomic E-state index is -0.148. The molecule has 1 N–H and O–H groups in total. The Morgan fingerprint density at radius 3 is 2.76 bits per heavy atom. The molecule has 1 aromatic rings. The average Bonchev–Trinajstić information content (AvgIpc) is 2.79. The number of hydrogen-bond donors (Lipinski definition) is 1. The third kappa shape index (κ3) is 3.46. The zero-order valence-corrected chi connectivity index (χ0v) is 11.2. The molecular weight excluding hydrogens is 233 g/mol. The Hall–Kier alpha value is -0.540. The maximum absolute atomic E-state index is 13.0. The van der Waals surface area contributed by atoms with Crippen LogP contribution in [0, 0.1) is 5.82 Å². The molecule has 1 saturated carbocycles. The van der Waals surface area contributed by atoms with Gasteiger partial charge in [-0.2, -0.15) is 11.8 Å². The molecule has 1 aliphatic rings. The highest BCUT2D eigenvalue weighted by molar-refractivity contribution is 8.00. The second-order valence-corrected chi connectivity index (χ2v) is 6.10. The van der Waals surface area contributed by atoms with Crippen LogP contribution in [0.25, 0.3) is 0 Å². The predicted octanol–water partition coefficient (Wildman–Crippen LogP) is 3.59. The molecule has 0 radical (unpaired) electrons. The van der Waals surface area contributed by atoms with Gasteiger partial charge in [0.2, 0.25) is 0 Å². The lowest BCUT2D eigenvalue weighted by molar-refractivity contribution is 0.532. The first-order valence-electron chi connectivity index (χ1n) is 6.24. The molecule has 0 amide bonds. The highest BCUT2D eigenvalue weighted by Gasteiger charge is 2.32. The average molecular weight is 253 g/mol. The Kier molecular flexibility index (Phi) is 4.46. The van der Waals surface area contributed by atoms with E-state index in [0.29, 0.717) is 4.75 Å². The SMILES string of the molecule is CSC1(CNCc2cccc(F)c2)CCCC1. The number of benzene rings is 1. The normalized spacial score (nSPS) is 18.5. The van der Waals surface area contributed by atoms with E-state index in [2.05, 4.69) is 11.6 Å². The van der Waals surface area contributed by atoms with Crippen molar-refractivity contribution in [1.82, 2.24) is 5.32 Å². The largest absolute Gasteiger partial charge is 0.311 e. The Labute approximate surface area is 107 Å². The summed E-state index contributed by atoms with van der Waals surface area (Å²) < 4.78 is 13.4. The first kappa shape index (κ1) is 12.9. The summed E-state index contributed by atoms with van der Waals surface area (Å²) in [5.41, 5.74) is 1.03. The van der Waals surface area contributed by atoms with Gasteiger partial charge in [-0.15, -0.1) is 0 Å². The fourth-order valence-corrected chi connectivity index (χ4v) is 3.50. The van der Waals surface area contributed by atoms with E-state index in [1.54, 1.807) is 12.1 Å². The van der Waals surface area contributed by atoms with E-state index in [4.69, 9.17) is 0 Å². The lowest BCUT2D eigenvalue weighted by atomic mass is 10.1. The summed E-state index contributed by atoms with van der Waals surface area (Å²) >= 11 is 1.98. The summed E-state index contributed by atoms with van der Waals surface area (Å²) in [6, 6.07) is 6.83. The van der Waals surface area contributed by atoms with Crippen molar-refractivity contribution in [3.05, 3.63) is 35.6 Å². The van der Waals surface area contributed by atoms with Gasteiger partial charge in [-0.25, -0.2) is 4.39 Å². The summed E-state index contributed by atoms with van der Waals surface area (Å²) in [4.78, 5) is 0. The maximum atomic E-state index is 13.0. The summed E-state index contributed by atoms with van der Waals surface area (Å²) in [6.45, 7) is 1.80. The highest BCUT2D eigenvalue weighted by Crippen LogP contribution is 2.39. The molecule has 1 aromatic carbocycles. The highest BCUT2D eigenvalue weighted by atomic mass is 32.2. The van der Waals surface area contributed by atoms with E-state index in [9.17, 15) is 4.39 Å². The van der Waals surface area contributed by atoms with Gasteiger partial charge in [0.25, 0.3) is 0 Å². The van der Waals surface area contributed by atoms with Crippen molar-refractivity contribution in [2.45, 2.75) is 37.0 Å². The van der Waals surface area contributed by atoms with E-state index in [0.717, 1.165) is 18.7 Å². The lowest BCUT2D eigenvalue weighted by Crippen LogP contribution is -2.34. The van der Waals surface area contributed by atoms with Gasteiger partial charge in [0.05, 0.1) is 0 Å². The van der Waals surface area contributed by atoms with Crippen molar-refractivity contribution in [1.29, 1.82) is 0 Å².